The number of fused-ring (bicyclic) bond motifs is 1. The Morgan fingerprint density at radius 3 is 2.20 bits per heavy atom. The third-order valence-corrected chi connectivity index (χ3v) is 4.77. The molecule has 7 heteroatoms. The maximum absolute atomic E-state index is 14.6. The largest absolute Gasteiger partial charge is 0.481 e. The van der Waals surface area contributed by atoms with E-state index in [1.807, 2.05) is 6.92 Å². The number of unbranched alkanes of at least 4 members (excludes halogenated alkanes) is 2. The number of benzene rings is 3. The average molecular weight is 426 g/mol. The molecule has 0 aliphatic carbocycles. The van der Waals surface area contributed by atoms with Crippen LogP contribution in [0.15, 0.2) is 42.5 Å². The smallest absolute Gasteiger partial charge is 0.422 e. The van der Waals surface area contributed by atoms with Gasteiger partial charge in [-0.2, -0.15) is 13.2 Å². The van der Waals surface area contributed by atoms with Crippen LogP contribution in [-0.4, -0.2) is 12.8 Å². The van der Waals surface area contributed by atoms with E-state index in [0.29, 0.717) is 12.0 Å². The molecule has 0 heterocycles. The van der Waals surface area contributed by atoms with Crippen molar-refractivity contribution >= 4 is 10.8 Å². The molecule has 0 radical (unpaired) electrons. The Balaban J connectivity index is 1.92. The number of hydrogen-bond donors (Lipinski definition) is 0. The van der Waals surface area contributed by atoms with E-state index in [-0.39, 0.29) is 21.9 Å². The number of hydrogen-bond acceptors (Lipinski definition) is 1. The highest BCUT2D eigenvalue weighted by Crippen LogP contribution is 2.33. The Morgan fingerprint density at radius 1 is 0.867 bits per heavy atom. The third kappa shape index (κ3) is 5.07. The highest BCUT2D eigenvalue weighted by atomic mass is 19.4. The molecule has 3 aromatic rings. The summed E-state index contributed by atoms with van der Waals surface area (Å²) in [5.74, 6) is -2.94. The van der Waals surface area contributed by atoms with Crippen molar-refractivity contribution in [2.75, 3.05) is 6.61 Å². The fourth-order valence-electron chi connectivity index (χ4n) is 3.32. The summed E-state index contributed by atoms with van der Waals surface area (Å²) in [5, 5.41) is 0.283. The highest BCUT2D eigenvalue weighted by Gasteiger charge is 2.29. The van der Waals surface area contributed by atoms with Crippen molar-refractivity contribution in [3.05, 3.63) is 65.5 Å². The van der Waals surface area contributed by atoms with Crippen molar-refractivity contribution in [3.63, 3.8) is 0 Å². The van der Waals surface area contributed by atoms with Gasteiger partial charge in [-0.15, -0.1) is 0 Å². The lowest BCUT2D eigenvalue weighted by atomic mass is 9.97. The lowest BCUT2D eigenvalue weighted by Crippen LogP contribution is -2.19. The summed E-state index contributed by atoms with van der Waals surface area (Å²) in [6.45, 7) is 0.423. The number of alkyl halides is 3. The minimum Gasteiger partial charge on any atom is -0.481 e. The molecule has 0 bridgehead atoms. The Kier molecular flexibility index (Phi) is 6.58. The van der Waals surface area contributed by atoms with Crippen LogP contribution in [0, 0.1) is 17.5 Å². The van der Waals surface area contributed by atoms with Gasteiger partial charge in [-0.1, -0.05) is 38.0 Å². The summed E-state index contributed by atoms with van der Waals surface area (Å²) in [6.07, 6.45) is -1.22. The Morgan fingerprint density at radius 2 is 1.57 bits per heavy atom. The zero-order valence-corrected chi connectivity index (χ0v) is 16.3. The average Bonchev–Trinajstić information content (AvgIpc) is 2.66. The van der Waals surface area contributed by atoms with Gasteiger partial charge in [0.1, 0.15) is 11.6 Å². The fourth-order valence-corrected chi connectivity index (χ4v) is 3.32. The molecule has 0 N–H and O–H groups in total. The molecule has 0 saturated carbocycles. The van der Waals surface area contributed by atoms with E-state index in [1.165, 1.54) is 36.4 Å². The van der Waals surface area contributed by atoms with Crippen LogP contribution in [0.5, 0.6) is 5.75 Å². The lowest BCUT2D eigenvalue weighted by Gasteiger charge is -2.13. The van der Waals surface area contributed by atoms with Gasteiger partial charge < -0.3 is 4.74 Å². The van der Waals surface area contributed by atoms with Gasteiger partial charge in [0.15, 0.2) is 18.2 Å². The van der Waals surface area contributed by atoms with Crippen LogP contribution in [0.4, 0.5) is 26.3 Å². The number of aryl methyl sites for hydroxylation is 1. The molecule has 3 rings (SSSR count). The number of halogens is 6. The van der Waals surface area contributed by atoms with Crippen LogP contribution in [0.25, 0.3) is 21.9 Å². The predicted molar refractivity (Wildman–Crippen MR) is 104 cm³/mol. The predicted octanol–water partition coefficient (Wildman–Crippen LogP) is 7.60. The molecule has 0 amide bonds. The normalized spacial score (nSPS) is 11.8. The first-order valence-corrected chi connectivity index (χ1v) is 9.59. The van der Waals surface area contributed by atoms with E-state index in [2.05, 4.69) is 4.74 Å². The van der Waals surface area contributed by atoms with Gasteiger partial charge in [0, 0.05) is 5.39 Å². The minimum atomic E-state index is -4.59. The second-order valence-electron chi connectivity index (χ2n) is 7.11. The molecule has 3 aromatic carbocycles. The molecule has 0 fully saturated rings. The highest BCUT2D eigenvalue weighted by molar-refractivity contribution is 5.89. The summed E-state index contributed by atoms with van der Waals surface area (Å²) in [6, 6.07) is 9.01. The molecule has 0 aliphatic heterocycles. The number of ether oxygens (including phenoxy) is 1. The third-order valence-electron chi connectivity index (χ3n) is 4.77. The van der Waals surface area contributed by atoms with Gasteiger partial charge in [0.25, 0.3) is 0 Å². The van der Waals surface area contributed by atoms with Crippen LogP contribution in [0.1, 0.15) is 31.7 Å². The maximum Gasteiger partial charge on any atom is 0.422 e. The van der Waals surface area contributed by atoms with Crippen molar-refractivity contribution < 1.29 is 31.1 Å². The summed E-state index contributed by atoms with van der Waals surface area (Å²) < 4.78 is 85.1. The Labute approximate surface area is 170 Å². The molecular weight excluding hydrogens is 406 g/mol. The summed E-state index contributed by atoms with van der Waals surface area (Å²) in [4.78, 5) is 0. The van der Waals surface area contributed by atoms with Crippen LogP contribution in [0.2, 0.25) is 0 Å². The van der Waals surface area contributed by atoms with Gasteiger partial charge >= 0.3 is 6.18 Å². The summed E-state index contributed by atoms with van der Waals surface area (Å²) in [5.41, 5.74) is 0.551. The summed E-state index contributed by atoms with van der Waals surface area (Å²) in [7, 11) is 0. The number of rotatable bonds is 7. The molecule has 30 heavy (non-hydrogen) atoms. The SMILES string of the molecule is CCCCCc1cc(F)c(-c2ccc3c(F)c(OCC(F)(F)F)ccc3c2)c(F)c1. The van der Waals surface area contributed by atoms with Crippen LogP contribution < -0.4 is 4.74 Å². The molecule has 0 saturated heterocycles. The van der Waals surface area contributed by atoms with E-state index in [0.717, 1.165) is 25.3 Å². The minimum absolute atomic E-state index is 0.00423. The van der Waals surface area contributed by atoms with Gasteiger partial charge in [0.05, 0.1) is 5.56 Å². The molecule has 0 atom stereocenters. The van der Waals surface area contributed by atoms with Crippen molar-refractivity contribution in [3.8, 4) is 16.9 Å². The van der Waals surface area contributed by atoms with Gasteiger partial charge in [-0.3, -0.25) is 0 Å². The standard InChI is InChI=1S/C23H20F6O/c1-2-3-4-5-14-10-18(24)21(19(25)11-14)16-6-8-17-15(12-16)7-9-20(22(17)26)30-13-23(27,28)29/h6-12H,2-5,13H2,1H3. The van der Waals surface area contributed by atoms with Gasteiger partial charge in [-0.05, 0) is 53.6 Å². The van der Waals surface area contributed by atoms with Crippen molar-refractivity contribution in [1.29, 1.82) is 0 Å². The first kappa shape index (κ1) is 22.0. The lowest BCUT2D eigenvalue weighted by molar-refractivity contribution is -0.153. The molecular formula is C23H20F6O. The first-order chi connectivity index (χ1) is 14.2. The second-order valence-corrected chi connectivity index (χ2v) is 7.11. The topological polar surface area (TPSA) is 9.23 Å². The van der Waals surface area contributed by atoms with E-state index in [4.69, 9.17) is 0 Å². The van der Waals surface area contributed by atoms with E-state index < -0.39 is 36.0 Å². The van der Waals surface area contributed by atoms with Crippen molar-refractivity contribution in [2.45, 2.75) is 38.8 Å². The molecule has 0 unspecified atom stereocenters. The van der Waals surface area contributed by atoms with Crippen LogP contribution in [-0.2, 0) is 6.42 Å². The Bertz CT molecular complexity index is 1020. The zero-order valence-electron chi connectivity index (χ0n) is 16.3. The van der Waals surface area contributed by atoms with Crippen molar-refractivity contribution in [2.24, 2.45) is 0 Å². The van der Waals surface area contributed by atoms with Crippen LogP contribution >= 0.6 is 0 Å². The second kappa shape index (κ2) is 8.98. The van der Waals surface area contributed by atoms with Crippen molar-refractivity contribution in [1.82, 2.24) is 0 Å². The van der Waals surface area contributed by atoms with E-state index in [9.17, 15) is 26.3 Å². The summed E-state index contributed by atoms with van der Waals surface area (Å²) >= 11 is 0. The monoisotopic (exact) mass is 426 g/mol. The fraction of sp³-hybridized carbons (Fsp3) is 0.304. The van der Waals surface area contributed by atoms with Gasteiger partial charge in [0.2, 0.25) is 0 Å². The molecule has 160 valence electrons. The quantitative estimate of drug-likeness (QED) is 0.279. The zero-order chi connectivity index (χ0) is 21.9. The van der Waals surface area contributed by atoms with E-state index >= 15 is 0 Å². The first-order valence-electron chi connectivity index (χ1n) is 9.59. The molecule has 0 aliphatic rings. The Hall–Kier alpha value is -2.70. The molecule has 0 aromatic heterocycles. The van der Waals surface area contributed by atoms with E-state index in [1.54, 1.807) is 0 Å². The van der Waals surface area contributed by atoms with Gasteiger partial charge in [-0.25, -0.2) is 13.2 Å². The molecule has 1 nitrogen and oxygen atoms in total. The maximum atomic E-state index is 14.6. The molecule has 0 spiro atoms. The van der Waals surface area contributed by atoms with Crippen LogP contribution in [0.3, 0.4) is 0 Å².